The van der Waals surface area contributed by atoms with E-state index in [1.54, 1.807) is 43.3 Å². The lowest BCUT2D eigenvalue weighted by atomic mass is 10.1. The van der Waals surface area contributed by atoms with Crippen molar-refractivity contribution in [2.75, 3.05) is 5.73 Å². The van der Waals surface area contributed by atoms with Gasteiger partial charge in [-0.1, -0.05) is 12.1 Å². The maximum Gasteiger partial charge on any atom is 0.271 e. The van der Waals surface area contributed by atoms with Crippen LogP contribution in [0.15, 0.2) is 53.6 Å². The Labute approximate surface area is 116 Å². The number of nitrogens with two attached hydrogens (primary N) is 1. The molecule has 4 nitrogen and oxygen atoms in total. The van der Waals surface area contributed by atoms with Crippen molar-refractivity contribution in [2.45, 2.75) is 6.92 Å². The van der Waals surface area contributed by atoms with Crippen LogP contribution in [0.2, 0.25) is 0 Å². The summed E-state index contributed by atoms with van der Waals surface area (Å²) < 4.78 is 12.8. The van der Waals surface area contributed by atoms with Crippen LogP contribution in [0.4, 0.5) is 10.1 Å². The number of benzene rings is 2. The largest absolute Gasteiger partial charge is 0.399 e. The topological polar surface area (TPSA) is 67.5 Å². The smallest absolute Gasteiger partial charge is 0.271 e. The zero-order valence-electron chi connectivity index (χ0n) is 10.9. The number of anilines is 1. The Balaban J connectivity index is 2.06. The van der Waals surface area contributed by atoms with Crippen LogP contribution in [0, 0.1) is 5.82 Å². The van der Waals surface area contributed by atoms with Crippen molar-refractivity contribution >= 4 is 17.3 Å². The van der Waals surface area contributed by atoms with Gasteiger partial charge in [0.2, 0.25) is 0 Å². The summed E-state index contributed by atoms with van der Waals surface area (Å²) in [6, 6.07) is 12.4. The molecule has 0 atom stereocenters. The van der Waals surface area contributed by atoms with Crippen molar-refractivity contribution in [1.82, 2.24) is 5.43 Å². The Morgan fingerprint density at radius 1 is 1.05 bits per heavy atom. The number of nitrogens with zero attached hydrogens (tertiary/aromatic N) is 1. The van der Waals surface area contributed by atoms with Crippen LogP contribution in [0.1, 0.15) is 22.8 Å². The van der Waals surface area contributed by atoms with E-state index in [9.17, 15) is 9.18 Å². The minimum absolute atomic E-state index is 0.313. The number of hydrogen-bond donors (Lipinski definition) is 2. The van der Waals surface area contributed by atoms with Gasteiger partial charge in [0.25, 0.3) is 5.91 Å². The number of nitrogen functional groups attached to an aromatic ring is 1. The van der Waals surface area contributed by atoms with Crippen molar-refractivity contribution in [2.24, 2.45) is 5.10 Å². The number of rotatable bonds is 3. The Morgan fingerprint density at radius 2 is 1.60 bits per heavy atom. The molecule has 2 aromatic rings. The maximum absolute atomic E-state index is 12.8. The summed E-state index contributed by atoms with van der Waals surface area (Å²) in [6.45, 7) is 1.73. The van der Waals surface area contributed by atoms with Crippen LogP contribution >= 0.6 is 0 Å². The summed E-state index contributed by atoms with van der Waals surface area (Å²) >= 11 is 0. The second kappa shape index (κ2) is 5.97. The molecule has 0 fully saturated rings. The highest BCUT2D eigenvalue weighted by Gasteiger charge is 2.04. The third-order valence-corrected chi connectivity index (χ3v) is 2.76. The van der Waals surface area contributed by atoms with E-state index in [0.717, 1.165) is 5.56 Å². The second-order valence-electron chi connectivity index (χ2n) is 4.27. The number of amides is 1. The van der Waals surface area contributed by atoms with Crippen molar-refractivity contribution < 1.29 is 9.18 Å². The van der Waals surface area contributed by atoms with E-state index in [1.807, 2.05) is 0 Å². The molecule has 0 radical (unpaired) electrons. The Hall–Kier alpha value is -2.69. The highest BCUT2D eigenvalue weighted by atomic mass is 19.1. The van der Waals surface area contributed by atoms with Crippen LogP contribution in [-0.4, -0.2) is 11.6 Å². The summed E-state index contributed by atoms with van der Waals surface area (Å²) in [5, 5.41) is 3.99. The first-order chi connectivity index (χ1) is 9.56. The number of hydrazone groups is 1. The van der Waals surface area contributed by atoms with E-state index in [2.05, 4.69) is 10.5 Å². The minimum atomic E-state index is -0.327. The summed E-state index contributed by atoms with van der Waals surface area (Å²) in [5.41, 5.74) is 10.4. The molecule has 0 spiro atoms. The van der Waals surface area contributed by atoms with Crippen molar-refractivity contribution in [3.63, 3.8) is 0 Å². The van der Waals surface area contributed by atoms with Gasteiger partial charge >= 0.3 is 0 Å². The molecule has 0 unspecified atom stereocenters. The average Bonchev–Trinajstić information content (AvgIpc) is 2.46. The molecule has 5 heteroatoms. The average molecular weight is 271 g/mol. The third kappa shape index (κ3) is 3.41. The standard InChI is InChI=1S/C15H14FN3O/c1-10(11-2-6-13(16)7-3-11)18-19-15(20)12-4-8-14(17)9-5-12/h2-9H,17H2,1H3,(H,19,20). The molecule has 0 aromatic heterocycles. The first kappa shape index (κ1) is 13.7. The number of halogens is 1. The number of carbonyl (C=O) groups is 1. The van der Waals surface area contributed by atoms with Gasteiger partial charge in [-0.15, -0.1) is 0 Å². The van der Waals surface area contributed by atoms with Gasteiger partial charge in [-0.2, -0.15) is 5.10 Å². The lowest BCUT2D eigenvalue weighted by Crippen LogP contribution is -2.19. The molecule has 102 valence electrons. The Bertz CT molecular complexity index is 633. The first-order valence-electron chi connectivity index (χ1n) is 6.02. The normalized spacial score (nSPS) is 11.2. The fraction of sp³-hybridized carbons (Fsp3) is 0.0667. The predicted molar refractivity (Wildman–Crippen MR) is 76.9 cm³/mol. The van der Waals surface area contributed by atoms with Crippen molar-refractivity contribution in [3.8, 4) is 0 Å². The fourth-order valence-electron chi connectivity index (χ4n) is 1.59. The van der Waals surface area contributed by atoms with Crippen LogP contribution in [0.5, 0.6) is 0 Å². The molecule has 0 aliphatic rings. The van der Waals surface area contributed by atoms with Crippen LogP contribution in [-0.2, 0) is 0 Å². The minimum Gasteiger partial charge on any atom is -0.399 e. The fourth-order valence-corrected chi connectivity index (χ4v) is 1.59. The van der Waals surface area contributed by atoms with E-state index in [-0.39, 0.29) is 11.7 Å². The van der Waals surface area contributed by atoms with E-state index < -0.39 is 0 Å². The molecular weight excluding hydrogens is 257 g/mol. The molecule has 0 saturated carbocycles. The lowest BCUT2D eigenvalue weighted by molar-refractivity contribution is 0.0955. The molecule has 0 aliphatic carbocycles. The van der Waals surface area contributed by atoms with Gasteiger partial charge in [0, 0.05) is 11.3 Å². The first-order valence-corrected chi connectivity index (χ1v) is 6.02. The summed E-state index contributed by atoms with van der Waals surface area (Å²) in [5.74, 6) is -0.640. The monoisotopic (exact) mass is 271 g/mol. The summed E-state index contributed by atoms with van der Waals surface area (Å²) in [6.07, 6.45) is 0. The molecule has 3 N–H and O–H groups in total. The van der Waals surface area contributed by atoms with Gasteiger partial charge in [-0.25, -0.2) is 9.82 Å². The molecule has 1 amide bonds. The lowest BCUT2D eigenvalue weighted by Gasteiger charge is -2.03. The number of carbonyl (C=O) groups excluding carboxylic acids is 1. The van der Waals surface area contributed by atoms with Gasteiger partial charge < -0.3 is 5.73 Å². The predicted octanol–water partition coefficient (Wildman–Crippen LogP) is 2.56. The number of nitrogens with one attached hydrogen (secondary N) is 1. The van der Waals surface area contributed by atoms with Gasteiger partial charge in [0.05, 0.1) is 5.71 Å². The zero-order valence-corrected chi connectivity index (χ0v) is 10.9. The van der Waals surface area contributed by atoms with Crippen LogP contribution < -0.4 is 11.2 Å². The Morgan fingerprint density at radius 3 is 2.20 bits per heavy atom. The Kier molecular flexibility index (Phi) is 4.10. The van der Waals surface area contributed by atoms with E-state index in [4.69, 9.17) is 5.73 Å². The quantitative estimate of drug-likeness (QED) is 0.512. The van der Waals surface area contributed by atoms with Gasteiger partial charge in [0.15, 0.2) is 0 Å². The van der Waals surface area contributed by atoms with Gasteiger partial charge in [-0.05, 0) is 48.9 Å². The SMILES string of the molecule is CC(=NNC(=O)c1ccc(N)cc1)c1ccc(F)cc1. The highest BCUT2D eigenvalue weighted by molar-refractivity contribution is 6.00. The molecular formula is C15H14FN3O. The highest BCUT2D eigenvalue weighted by Crippen LogP contribution is 2.06. The van der Waals surface area contributed by atoms with E-state index in [0.29, 0.717) is 17.0 Å². The summed E-state index contributed by atoms with van der Waals surface area (Å²) in [7, 11) is 0. The third-order valence-electron chi connectivity index (χ3n) is 2.76. The molecule has 2 aromatic carbocycles. The molecule has 2 rings (SSSR count). The van der Waals surface area contributed by atoms with Crippen LogP contribution in [0.3, 0.4) is 0 Å². The zero-order chi connectivity index (χ0) is 14.5. The second-order valence-corrected chi connectivity index (χ2v) is 4.27. The van der Waals surface area contributed by atoms with Crippen molar-refractivity contribution in [1.29, 1.82) is 0 Å². The molecule has 0 heterocycles. The van der Waals surface area contributed by atoms with Crippen LogP contribution in [0.25, 0.3) is 0 Å². The molecule has 0 bridgehead atoms. The molecule has 0 aliphatic heterocycles. The van der Waals surface area contributed by atoms with Gasteiger partial charge in [-0.3, -0.25) is 4.79 Å². The summed E-state index contributed by atoms with van der Waals surface area (Å²) in [4.78, 5) is 11.8. The molecule has 20 heavy (non-hydrogen) atoms. The van der Waals surface area contributed by atoms with Gasteiger partial charge in [0.1, 0.15) is 5.82 Å². The molecule has 0 saturated heterocycles. The maximum atomic E-state index is 12.8. The number of hydrogen-bond acceptors (Lipinski definition) is 3. The van der Waals surface area contributed by atoms with E-state index >= 15 is 0 Å². The van der Waals surface area contributed by atoms with Crippen molar-refractivity contribution in [3.05, 3.63) is 65.5 Å². The van der Waals surface area contributed by atoms with E-state index in [1.165, 1.54) is 12.1 Å².